The van der Waals surface area contributed by atoms with Gasteiger partial charge in [-0.15, -0.1) is 0 Å². The van der Waals surface area contributed by atoms with Crippen molar-refractivity contribution in [2.45, 2.75) is 84.9 Å². The van der Waals surface area contributed by atoms with Crippen molar-refractivity contribution in [3.8, 4) is 0 Å². The number of aryl methyl sites for hydroxylation is 1. The highest BCUT2D eigenvalue weighted by molar-refractivity contribution is 6.31. The lowest BCUT2D eigenvalue weighted by Gasteiger charge is -2.23. The van der Waals surface area contributed by atoms with Crippen molar-refractivity contribution in [2.24, 2.45) is 5.92 Å². The molecule has 0 heterocycles. The van der Waals surface area contributed by atoms with Gasteiger partial charge < -0.3 is 5.32 Å². The summed E-state index contributed by atoms with van der Waals surface area (Å²) in [5.41, 5.74) is 2.62. The summed E-state index contributed by atoms with van der Waals surface area (Å²) < 4.78 is 101. The second kappa shape index (κ2) is 20.1. The van der Waals surface area contributed by atoms with Crippen LogP contribution in [0.1, 0.15) is 69.7 Å². The number of nitrogens with one attached hydrogen (secondary N) is 1. The third-order valence-corrected chi connectivity index (χ3v) is 6.43. The molecule has 0 radical (unpaired) electrons. The van der Waals surface area contributed by atoms with E-state index in [0.29, 0.717) is 28.3 Å². The van der Waals surface area contributed by atoms with Gasteiger partial charge in [-0.2, -0.15) is 22.0 Å². The number of allylic oxidation sites excluding steroid dienone is 5. The maximum absolute atomic E-state index is 14.0. The van der Waals surface area contributed by atoms with Gasteiger partial charge in [0.15, 0.2) is 0 Å². The molecule has 2 unspecified atom stereocenters. The number of halogens is 9. The van der Waals surface area contributed by atoms with E-state index >= 15 is 0 Å². The molecule has 44 heavy (non-hydrogen) atoms. The molecule has 0 saturated carbocycles. The topological polar surface area (TPSA) is 12.0 Å². The van der Waals surface area contributed by atoms with Crippen LogP contribution in [0.25, 0.3) is 0 Å². The molecule has 2 rings (SSSR count). The molecule has 2 atom stereocenters. The van der Waals surface area contributed by atoms with Crippen LogP contribution in [0.4, 0.5) is 35.1 Å². The Labute approximate surface area is 261 Å². The van der Waals surface area contributed by atoms with E-state index < -0.39 is 42.7 Å². The Morgan fingerprint density at radius 1 is 0.977 bits per heavy atom. The van der Waals surface area contributed by atoms with E-state index in [2.05, 4.69) is 37.5 Å². The molecular weight excluding hydrogens is 610 g/mol. The van der Waals surface area contributed by atoms with Crippen LogP contribution in [0.5, 0.6) is 0 Å². The molecule has 246 valence electrons. The fraction of sp³-hybridized carbons (Fsp3) is 0.412. The highest BCUT2D eigenvalue weighted by Crippen LogP contribution is 2.32. The van der Waals surface area contributed by atoms with Crippen LogP contribution in [-0.2, 0) is 6.42 Å². The van der Waals surface area contributed by atoms with Crippen LogP contribution in [-0.4, -0.2) is 18.5 Å². The maximum Gasteiger partial charge on any atom is 0.391 e. The summed E-state index contributed by atoms with van der Waals surface area (Å²) in [7, 11) is 0. The molecule has 1 nitrogen and oxygen atoms in total. The molecule has 0 aliphatic rings. The summed E-state index contributed by atoms with van der Waals surface area (Å²) in [5.74, 6) is -6.13. The fourth-order valence-corrected chi connectivity index (χ4v) is 3.92. The van der Waals surface area contributed by atoms with Crippen LogP contribution in [0.3, 0.4) is 0 Å². The molecule has 0 saturated heterocycles. The third-order valence-electron chi connectivity index (χ3n) is 6.15. The molecular formula is C34H42ClF8N. The minimum atomic E-state index is -4.24. The lowest BCUT2D eigenvalue weighted by molar-refractivity contribution is -0.177. The number of benzene rings is 2. The number of hydrogen-bond acceptors (Lipinski definition) is 1. The Morgan fingerprint density at radius 2 is 1.57 bits per heavy atom. The normalized spacial score (nSPS) is 13.6. The second-order valence-electron chi connectivity index (χ2n) is 10.2. The molecule has 0 amide bonds. The maximum atomic E-state index is 14.0. The van der Waals surface area contributed by atoms with Crippen LogP contribution in [0.2, 0.25) is 0 Å². The lowest BCUT2D eigenvalue weighted by atomic mass is 9.95. The Hall–Kier alpha value is -3.07. The van der Waals surface area contributed by atoms with Gasteiger partial charge in [0.25, 0.3) is 0 Å². The van der Waals surface area contributed by atoms with Crippen molar-refractivity contribution in [1.82, 2.24) is 5.32 Å². The Balaban J connectivity index is 0.000000878. The van der Waals surface area contributed by atoms with Gasteiger partial charge in [-0.1, -0.05) is 99.1 Å². The Kier molecular flexibility index (Phi) is 18.7. The fourth-order valence-electron chi connectivity index (χ4n) is 3.86. The molecule has 1 N–H and O–H groups in total. The van der Waals surface area contributed by atoms with Gasteiger partial charge in [0, 0.05) is 17.2 Å². The zero-order valence-electron chi connectivity index (χ0n) is 25.7. The molecule has 0 aromatic heterocycles. The van der Waals surface area contributed by atoms with Crippen LogP contribution < -0.4 is 5.32 Å². The van der Waals surface area contributed by atoms with E-state index in [-0.39, 0.29) is 18.4 Å². The summed E-state index contributed by atoms with van der Waals surface area (Å²) in [4.78, 5) is 0. The van der Waals surface area contributed by atoms with Crippen LogP contribution in [0.15, 0.2) is 96.2 Å². The molecule has 0 aliphatic carbocycles. The third kappa shape index (κ3) is 16.7. The molecule has 0 bridgehead atoms. The van der Waals surface area contributed by atoms with Crippen molar-refractivity contribution < 1.29 is 35.1 Å². The SMILES string of the molecule is C=C/C(Cl)=C\C=C(/C)C(NC(=C)C)c1cc(F)cc(CC(F)(F)C(F)F)c1.CCCC(CC)C(F)(F)F.Cc1ccccc1. The zero-order valence-corrected chi connectivity index (χ0v) is 26.5. The molecule has 2 aromatic carbocycles. The first-order valence-electron chi connectivity index (χ1n) is 14.0. The summed E-state index contributed by atoms with van der Waals surface area (Å²) in [5, 5.41) is 3.39. The van der Waals surface area contributed by atoms with Gasteiger partial charge in [-0.3, -0.25) is 0 Å². The van der Waals surface area contributed by atoms with Crippen LogP contribution >= 0.6 is 11.6 Å². The quantitative estimate of drug-likeness (QED) is 0.178. The van der Waals surface area contributed by atoms with Crippen molar-refractivity contribution in [3.05, 3.63) is 119 Å². The molecule has 0 spiro atoms. The van der Waals surface area contributed by atoms with Gasteiger partial charge in [0.2, 0.25) is 0 Å². The Morgan fingerprint density at radius 3 is 1.95 bits per heavy atom. The van der Waals surface area contributed by atoms with Gasteiger partial charge in [-0.05, 0) is 68.5 Å². The first-order chi connectivity index (χ1) is 20.4. The van der Waals surface area contributed by atoms with Crippen molar-refractivity contribution in [3.63, 3.8) is 0 Å². The number of alkyl halides is 7. The van der Waals surface area contributed by atoms with E-state index in [4.69, 9.17) is 11.6 Å². The summed E-state index contributed by atoms with van der Waals surface area (Å²) in [6, 6.07) is 12.9. The van der Waals surface area contributed by atoms with E-state index in [1.54, 1.807) is 39.8 Å². The number of rotatable bonds is 12. The van der Waals surface area contributed by atoms with E-state index in [9.17, 15) is 35.1 Å². The van der Waals surface area contributed by atoms with E-state index in [1.807, 2.05) is 18.2 Å². The summed E-state index contributed by atoms with van der Waals surface area (Å²) in [6.45, 7) is 16.1. The monoisotopic (exact) mass is 651 g/mol. The van der Waals surface area contributed by atoms with E-state index in [0.717, 1.165) is 12.1 Å². The number of hydrogen-bond donors (Lipinski definition) is 1. The lowest BCUT2D eigenvalue weighted by Crippen LogP contribution is -2.29. The van der Waals surface area contributed by atoms with Crippen LogP contribution in [0, 0.1) is 18.7 Å². The van der Waals surface area contributed by atoms with Gasteiger partial charge in [0.1, 0.15) is 5.82 Å². The van der Waals surface area contributed by atoms with Gasteiger partial charge in [0.05, 0.1) is 12.0 Å². The standard InChI is InChI=1S/C20H21ClF5N.C7H13F3.C7H8/c1-5-16(21)7-6-13(4)18(27-12(2)3)15-8-14(9-17(22)10-15)11-20(25,26)19(23)24;1-3-5-6(4-2)7(8,9)10;1-7-5-3-2-4-6-7/h5-10,18-19,27H,1-2,11H2,3-4H3;6H,3-5H2,1-2H3;2-6H,1H3/b13-6+,16-7+;;. The minimum Gasteiger partial charge on any atom is -0.378 e. The molecule has 0 fully saturated rings. The Bertz CT molecular complexity index is 1200. The van der Waals surface area contributed by atoms with Crippen molar-refractivity contribution in [1.29, 1.82) is 0 Å². The zero-order chi connectivity index (χ0) is 34.1. The first kappa shape index (κ1) is 40.9. The van der Waals surface area contributed by atoms with Gasteiger partial charge >= 0.3 is 18.5 Å². The largest absolute Gasteiger partial charge is 0.391 e. The first-order valence-corrected chi connectivity index (χ1v) is 14.4. The smallest absolute Gasteiger partial charge is 0.378 e. The van der Waals surface area contributed by atoms with Crippen molar-refractivity contribution >= 4 is 11.6 Å². The summed E-state index contributed by atoms with van der Waals surface area (Å²) in [6.07, 6.45) is -3.34. The highest BCUT2D eigenvalue weighted by Gasteiger charge is 2.41. The predicted molar refractivity (Wildman–Crippen MR) is 166 cm³/mol. The van der Waals surface area contributed by atoms with Gasteiger partial charge in [-0.25, -0.2) is 13.2 Å². The van der Waals surface area contributed by atoms with E-state index in [1.165, 1.54) is 17.7 Å². The summed E-state index contributed by atoms with van der Waals surface area (Å²) >= 11 is 5.86. The molecule has 10 heteroatoms. The predicted octanol–water partition coefficient (Wildman–Crippen LogP) is 12.1. The minimum absolute atomic E-state index is 0.206. The highest BCUT2D eigenvalue weighted by atomic mass is 35.5. The average molecular weight is 652 g/mol. The molecule has 2 aromatic rings. The van der Waals surface area contributed by atoms with Crippen molar-refractivity contribution in [2.75, 3.05) is 0 Å². The molecule has 0 aliphatic heterocycles. The average Bonchev–Trinajstić information content (AvgIpc) is 2.92. The second-order valence-corrected chi connectivity index (χ2v) is 10.7.